The standard InChI is InChI=1S/C17H15IO3/c1-12-7-9-14(10-8-12)20-13(2)11-18-16-6-4-3-5-15(16)17(19)21-18/h3-11H,1-2H3/b13-11-. The van der Waals surface area contributed by atoms with Crippen molar-refractivity contribution in [1.82, 2.24) is 0 Å². The monoisotopic (exact) mass is 394 g/mol. The van der Waals surface area contributed by atoms with Gasteiger partial charge in [0.2, 0.25) is 0 Å². The molecular formula is C17H15IO3. The molecule has 0 radical (unpaired) electrons. The van der Waals surface area contributed by atoms with Gasteiger partial charge in [-0.3, -0.25) is 0 Å². The summed E-state index contributed by atoms with van der Waals surface area (Å²) in [5.74, 6) is 1.35. The van der Waals surface area contributed by atoms with Crippen molar-refractivity contribution in [1.29, 1.82) is 0 Å². The number of carbonyl (C=O) groups excluding carboxylic acids is 1. The molecule has 0 fully saturated rings. The summed E-state index contributed by atoms with van der Waals surface area (Å²) in [6.45, 7) is 3.93. The first kappa shape index (κ1) is 14.1. The van der Waals surface area contributed by atoms with E-state index in [1.165, 1.54) is 5.56 Å². The van der Waals surface area contributed by atoms with Gasteiger partial charge in [-0.1, -0.05) is 0 Å². The van der Waals surface area contributed by atoms with Crippen molar-refractivity contribution in [3.8, 4) is 5.75 Å². The number of ether oxygens (including phenoxy) is 1. The van der Waals surface area contributed by atoms with Crippen LogP contribution in [0.4, 0.5) is 0 Å². The van der Waals surface area contributed by atoms with Crippen molar-refractivity contribution < 1.29 is 12.6 Å². The summed E-state index contributed by atoms with van der Waals surface area (Å²) in [6, 6.07) is 15.5. The Bertz CT molecular complexity index is 704. The summed E-state index contributed by atoms with van der Waals surface area (Å²) >= 11 is -2.07. The molecule has 0 unspecified atom stereocenters. The second-order valence-corrected chi connectivity index (χ2v) is 8.55. The van der Waals surface area contributed by atoms with Gasteiger partial charge in [0.1, 0.15) is 0 Å². The van der Waals surface area contributed by atoms with Gasteiger partial charge in [-0.25, -0.2) is 0 Å². The van der Waals surface area contributed by atoms with Crippen LogP contribution in [-0.4, -0.2) is 5.97 Å². The van der Waals surface area contributed by atoms with Crippen LogP contribution >= 0.6 is 20.2 Å². The van der Waals surface area contributed by atoms with Crippen LogP contribution < -0.4 is 4.74 Å². The third-order valence-electron chi connectivity index (χ3n) is 3.00. The van der Waals surface area contributed by atoms with Gasteiger partial charge >= 0.3 is 131 Å². The number of carbonyl (C=O) groups is 1. The molecule has 0 bridgehead atoms. The van der Waals surface area contributed by atoms with Gasteiger partial charge in [-0.05, 0) is 0 Å². The van der Waals surface area contributed by atoms with E-state index in [9.17, 15) is 4.79 Å². The van der Waals surface area contributed by atoms with Gasteiger partial charge in [-0.2, -0.15) is 0 Å². The normalized spacial score (nSPS) is 15.6. The fourth-order valence-electron chi connectivity index (χ4n) is 1.98. The van der Waals surface area contributed by atoms with E-state index in [2.05, 4.69) is 0 Å². The van der Waals surface area contributed by atoms with Crippen molar-refractivity contribution in [3.63, 3.8) is 0 Å². The first-order valence-electron chi connectivity index (χ1n) is 6.57. The second kappa shape index (κ2) is 5.89. The van der Waals surface area contributed by atoms with E-state index in [1.807, 2.05) is 66.5 Å². The summed E-state index contributed by atoms with van der Waals surface area (Å²) in [6.07, 6.45) is 0. The molecule has 1 heterocycles. The van der Waals surface area contributed by atoms with Gasteiger partial charge < -0.3 is 0 Å². The van der Waals surface area contributed by atoms with E-state index in [0.717, 1.165) is 15.1 Å². The number of hydrogen-bond acceptors (Lipinski definition) is 3. The van der Waals surface area contributed by atoms with Crippen LogP contribution in [0.3, 0.4) is 0 Å². The Morgan fingerprint density at radius 1 is 1.14 bits per heavy atom. The molecule has 0 atom stereocenters. The molecule has 0 N–H and O–H groups in total. The second-order valence-electron chi connectivity index (χ2n) is 4.75. The Balaban J connectivity index is 1.79. The summed E-state index contributed by atoms with van der Waals surface area (Å²) in [4.78, 5) is 11.8. The zero-order valence-corrected chi connectivity index (χ0v) is 14.0. The third kappa shape index (κ3) is 3.10. The van der Waals surface area contributed by atoms with Crippen LogP contribution in [0.5, 0.6) is 5.75 Å². The number of rotatable bonds is 3. The predicted octanol–water partition coefficient (Wildman–Crippen LogP) is 4.70. The molecule has 21 heavy (non-hydrogen) atoms. The van der Waals surface area contributed by atoms with E-state index in [1.54, 1.807) is 0 Å². The Kier molecular flexibility index (Phi) is 3.96. The number of halogens is 1. The van der Waals surface area contributed by atoms with Gasteiger partial charge in [0.15, 0.2) is 0 Å². The van der Waals surface area contributed by atoms with Crippen molar-refractivity contribution >= 4 is 26.2 Å². The molecule has 1 aliphatic heterocycles. The fraction of sp³-hybridized carbons (Fsp3) is 0.118. The molecule has 1 aliphatic rings. The van der Waals surface area contributed by atoms with Gasteiger partial charge in [0.25, 0.3) is 0 Å². The van der Waals surface area contributed by atoms with E-state index in [4.69, 9.17) is 7.80 Å². The Hall–Kier alpha value is -1.82. The average molecular weight is 394 g/mol. The van der Waals surface area contributed by atoms with Crippen LogP contribution in [0.2, 0.25) is 0 Å². The molecular weight excluding hydrogens is 379 g/mol. The van der Waals surface area contributed by atoms with Crippen molar-refractivity contribution in [2.24, 2.45) is 0 Å². The fourth-order valence-corrected chi connectivity index (χ4v) is 5.81. The quantitative estimate of drug-likeness (QED) is 0.560. The minimum atomic E-state index is -2.07. The molecule has 2 aromatic carbocycles. The van der Waals surface area contributed by atoms with Crippen LogP contribution in [0.1, 0.15) is 22.8 Å². The first-order valence-corrected chi connectivity index (χ1v) is 9.77. The van der Waals surface area contributed by atoms with Crippen LogP contribution in [0.15, 0.2) is 58.4 Å². The first-order chi connectivity index (χ1) is 10.1. The minimum absolute atomic E-state index is 0.213. The van der Waals surface area contributed by atoms with Crippen molar-refractivity contribution in [3.05, 3.63) is 73.1 Å². The summed E-state index contributed by atoms with van der Waals surface area (Å²) in [5, 5.41) is 0. The third-order valence-corrected chi connectivity index (χ3v) is 7.40. The van der Waals surface area contributed by atoms with Crippen molar-refractivity contribution in [2.75, 3.05) is 0 Å². The van der Waals surface area contributed by atoms with E-state index >= 15 is 0 Å². The number of hydrogen-bond donors (Lipinski definition) is 0. The van der Waals surface area contributed by atoms with E-state index in [0.29, 0.717) is 5.56 Å². The molecule has 0 amide bonds. The molecule has 0 saturated heterocycles. The number of fused-ring (bicyclic) bond motifs is 1. The van der Waals surface area contributed by atoms with Crippen LogP contribution in [0, 0.1) is 10.5 Å². The molecule has 0 aliphatic carbocycles. The summed E-state index contributed by atoms with van der Waals surface area (Å²) in [5.41, 5.74) is 1.89. The number of aryl methyl sites for hydroxylation is 1. The Morgan fingerprint density at radius 3 is 2.62 bits per heavy atom. The van der Waals surface area contributed by atoms with Crippen molar-refractivity contribution in [2.45, 2.75) is 13.8 Å². The molecule has 0 spiro atoms. The SMILES string of the molecule is C/C(=C/I1OC(=O)c2ccccc21)Oc1ccc(C)cc1. The summed E-state index contributed by atoms with van der Waals surface area (Å²) < 4.78 is 14.3. The molecule has 108 valence electrons. The molecule has 0 saturated carbocycles. The molecule has 4 heteroatoms. The summed E-state index contributed by atoms with van der Waals surface area (Å²) in [7, 11) is 0. The van der Waals surface area contributed by atoms with E-state index < -0.39 is 20.2 Å². The molecule has 3 nitrogen and oxygen atoms in total. The maximum absolute atomic E-state index is 11.8. The van der Waals surface area contributed by atoms with Gasteiger partial charge in [-0.15, -0.1) is 0 Å². The molecule has 2 aromatic rings. The number of allylic oxidation sites excluding steroid dienone is 1. The zero-order chi connectivity index (χ0) is 14.8. The van der Waals surface area contributed by atoms with Crippen LogP contribution in [0.25, 0.3) is 0 Å². The maximum atomic E-state index is 11.8. The Labute approximate surface area is 131 Å². The average Bonchev–Trinajstić information content (AvgIpc) is 2.78. The predicted molar refractivity (Wildman–Crippen MR) is 90.1 cm³/mol. The number of benzene rings is 2. The Morgan fingerprint density at radius 2 is 1.86 bits per heavy atom. The van der Waals surface area contributed by atoms with Gasteiger partial charge in [0, 0.05) is 0 Å². The topological polar surface area (TPSA) is 35.5 Å². The van der Waals surface area contributed by atoms with Gasteiger partial charge in [0.05, 0.1) is 0 Å². The molecule has 0 aromatic heterocycles. The van der Waals surface area contributed by atoms with Crippen LogP contribution in [-0.2, 0) is 3.07 Å². The molecule has 3 rings (SSSR count). The van der Waals surface area contributed by atoms with E-state index in [-0.39, 0.29) is 5.97 Å². The zero-order valence-electron chi connectivity index (χ0n) is 11.8.